The summed E-state index contributed by atoms with van der Waals surface area (Å²) in [6, 6.07) is 15.8. The summed E-state index contributed by atoms with van der Waals surface area (Å²) >= 11 is 0. The predicted molar refractivity (Wildman–Crippen MR) is 168 cm³/mol. The normalized spacial score (nSPS) is 14.4. The van der Waals surface area contributed by atoms with Crippen molar-refractivity contribution in [3.8, 4) is 22.5 Å². The highest BCUT2D eigenvalue weighted by Crippen LogP contribution is 2.30. The molecule has 0 radical (unpaired) electrons. The average Bonchev–Trinajstić information content (AvgIpc) is 3.66. The van der Waals surface area contributed by atoms with Crippen LogP contribution in [0.4, 0.5) is 0 Å². The Morgan fingerprint density at radius 2 is 1.82 bits per heavy atom. The van der Waals surface area contributed by atoms with Gasteiger partial charge in [0.15, 0.2) is 5.82 Å². The molecule has 0 amide bonds. The number of nitrogens with zero attached hydrogens (tertiary/aromatic N) is 6. The number of fused-ring (bicyclic) bond motifs is 1. The van der Waals surface area contributed by atoms with Crippen molar-refractivity contribution in [1.82, 2.24) is 29.3 Å². The van der Waals surface area contributed by atoms with E-state index in [4.69, 9.17) is 14.5 Å². The molecular formula is C33H37N7O4. The molecule has 1 saturated carbocycles. The van der Waals surface area contributed by atoms with Gasteiger partial charge in [0.2, 0.25) is 5.78 Å². The van der Waals surface area contributed by atoms with Gasteiger partial charge in [-0.2, -0.15) is 10.1 Å². The van der Waals surface area contributed by atoms with Crippen LogP contribution in [0.3, 0.4) is 0 Å². The maximum absolute atomic E-state index is 14.3. The van der Waals surface area contributed by atoms with Gasteiger partial charge in [0.1, 0.15) is 12.9 Å². The van der Waals surface area contributed by atoms with E-state index >= 15 is 0 Å². The standard InChI is InChI=1S/C33H37N7O4/c1-4-10-29-27(19-22-15-17-23(18-16-22)25-13-8-9-14-26(25)30-35-33(42)44-38-30)31(41)39(32-34-21(2)36-40(29)32)20-28(37-43-3)24-11-6-5-7-12-24/h8-9,13-18,24H,4-7,10-12,19-20H2,1-3H3,(H,35,38,42)/b37-28-. The van der Waals surface area contributed by atoms with Crippen LogP contribution in [0.1, 0.15) is 68.1 Å². The fourth-order valence-corrected chi connectivity index (χ4v) is 6.32. The van der Waals surface area contributed by atoms with Crippen LogP contribution in [-0.4, -0.2) is 42.1 Å². The van der Waals surface area contributed by atoms with Crippen LogP contribution in [-0.2, 0) is 24.2 Å². The van der Waals surface area contributed by atoms with Gasteiger partial charge < -0.3 is 4.84 Å². The number of oxime groups is 1. The largest absolute Gasteiger partial charge is 0.439 e. The van der Waals surface area contributed by atoms with Gasteiger partial charge >= 0.3 is 5.76 Å². The molecule has 1 aliphatic carbocycles. The van der Waals surface area contributed by atoms with Gasteiger partial charge in [0, 0.05) is 23.5 Å². The summed E-state index contributed by atoms with van der Waals surface area (Å²) in [5, 5.41) is 13.0. The highest BCUT2D eigenvalue weighted by Gasteiger charge is 2.25. The third-order valence-corrected chi connectivity index (χ3v) is 8.40. The first-order valence-electron chi connectivity index (χ1n) is 15.3. The Bertz CT molecular complexity index is 1910. The van der Waals surface area contributed by atoms with Crippen molar-refractivity contribution in [3.63, 3.8) is 0 Å². The third-order valence-electron chi connectivity index (χ3n) is 8.40. The van der Waals surface area contributed by atoms with Crippen molar-refractivity contribution in [2.24, 2.45) is 11.1 Å². The molecule has 3 aromatic heterocycles. The SMILES string of the molecule is CCCc1c(Cc2ccc(-c3ccccc3-c3noc(=O)[nH]3)cc2)c(=O)n(C/C(=N/OC)C2CCCCC2)c2nc(C)nn12. The lowest BCUT2D eigenvalue weighted by Crippen LogP contribution is -2.34. The number of aromatic nitrogens is 6. The lowest BCUT2D eigenvalue weighted by molar-refractivity contribution is 0.208. The topological polar surface area (TPSA) is 133 Å². The number of benzene rings is 2. The van der Waals surface area contributed by atoms with Crippen molar-refractivity contribution < 1.29 is 9.36 Å². The van der Waals surface area contributed by atoms with Crippen molar-refractivity contribution in [2.45, 2.75) is 71.8 Å². The molecule has 0 atom stereocenters. The molecule has 0 bridgehead atoms. The van der Waals surface area contributed by atoms with Crippen molar-refractivity contribution >= 4 is 11.5 Å². The number of H-pyrrole nitrogens is 1. The Balaban J connectivity index is 1.39. The molecule has 3 heterocycles. The van der Waals surface area contributed by atoms with Gasteiger partial charge in [-0.25, -0.2) is 9.31 Å². The maximum atomic E-state index is 14.3. The summed E-state index contributed by atoms with van der Waals surface area (Å²) in [5.41, 5.74) is 6.02. The van der Waals surface area contributed by atoms with Crippen LogP contribution >= 0.6 is 0 Å². The second-order valence-electron chi connectivity index (χ2n) is 11.4. The summed E-state index contributed by atoms with van der Waals surface area (Å²) in [6.45, 7) is 4.28. The van der Waals surface area contributed by atoms with Gasteiger partial charge in [-0.05, 0) is 42.9 Å². The second kappa shape index (κ2) is 12.8. The zero-order chi connectivity index (χ0) is 30.6. The first-order valence-corrected chi connectivity index (χ1v) is 15.3. The monoisotopic (exact) mass is 595 g/mol. The van der Waals surface area contributed by atoms with Gasteiger partial charge in [-0.15, -0.1) is 0 Å². The molecular weight excluding hydrogens is 558 g/mol. The smallest absolute Gasteiger partial charge is 0.399 e. The molecule has 1 N–H and O–H groups in total. The molecule has 2 aromatic carbocycles. The van der Waals surface area contributed by atoms with Gasteiger partial charge in [-0.3, -0.25) is 18.9 Å². The van der Waals surface area contributed by atoms with E-state index < -0.39 is 5.76 Å². The van der Waals surface area contributed by atoms with Crippen LogP contribution in [0.25, 0.3) is 28.3 Å². The zero-order valence-corrected chi connectivity index (χ0v) is 25.4. The van der Waals surface area contributed by atoms with Crippen molar-refractivity contribution in [1.29, 1.82) is 0 Å². The van der Waals surface area contributed by atoms with Crippen LogP contribution in [0.5, 0.6) is 0 Å². The molecule has 44 heavy (non-hydrogen) atoms. The summed E-state index contributed by atoms with van der Waals surface area (Å²) in [4.78, 5) is 38.5. The van der Waals surface area contributed by atoms with Crippen LogP contribution in [0.2, 0.25) is 0 Å². The maximum Gasteiger partial charge on any atom is 0.439 e. The van der Waals surface area contributed by atoms with Gasteiger partial charge in [0.05, 0.1) is 18.0 Å². The summed E-state index contributed by atoms with van der Waals surface area (Å²) in [6.07, 6.45) is 7.63. The van der Waals surface area contributed by atoms with E-state index in [0.29, 0.717) is 42.4 Å². The Kier molecular flexibility index (Phi) is 8.53. The molecule has 0 spiro atoms. The van der Waals surface area contributed by atoms with Crippen LogP contribution in [0.15, 0.2) is 67.8 Å². The quantitative estimate of drug-likeness (QED) is 0.170. The van der Waals surface area contributed by atoms with Crippen molar-refractivity contribution in [2.75, 3.05) is 7.11 Å². The molecule has 11 nitrogen and oxygen atoms in total. The third kappa shape index (κ3) is 5.86. The number of aromatic amines is 1. The number of hydrogen-bond acceptors (Lipinski definition) is 8. The first-order chi connectivity index (χ1) is 21.5. The minimum absolute atomic E-state index is 0.0719. The number of nitrogens with one attached hydrogen (secondary N) is 1. The molecule has 228 valence electrons. The Labute approximate surface area is 254 Å². The number of hydrogen-bond donors (Lipinski definition) is 1. The van der Waals surface area contributed by atoms with E-state index in [1.807, 2.05) is 60.0 Å². The minimum atomic E-state index is -0.599. The van der Waals surface area contributed by atoms with E-state index in [1.54, 1.807) is 11.7 Å². The fourth-order valence-electron chi connectivity index (χ4n) is 6.32. The summed E-state index contributed by atoms with van der Waals surface area (Å²) in [5.74, 6) is 1.21. The summed E-state index contributed by atoms with van der Waals surface area (Å²) < 4.78 is 8.31. The molecule has 6 rings (SSSR count). The lowest BCUT2D eigenvalue weighted by atomic mass is 9.85. The molecule has 0 saturated heterocycles. The lowest BCUT2D eigenvalue weighted by Gasteiger charge is -2.24. The molecule has 1 aliphatic rings. The van der Waals surface area contributed by atoms with Crippen LogP contribution in [0, 0.1) is 12.8 Å². The van der Waals surface area contributed by atoms with Crippen molar-refractivity contribution in [3.05, 3.63) is 92.1 Å². The number of rotatable bonds is 10. The molecule has 1 fully saturated rings. The van der Waals surface area contributed by atoms with Crippen LogP contribution < -0.4 is 11.3 Å². The molecule has 11 heteroatoms. The Morgan fingerprint density at radius 3 is 2.50 bits per heavy atom. The fraction of sp³-hybridized carbons (Fsp3) is 0.394. The predicted octanol–water partition coefficient (Wildman–Crippen LogP) is 5.34. The van der Waals surface area contributed by atoms with E-state index in [-0.39, 0.29) is 11.5 Å². The molecule has 0 aliphatic heterocycles. The number of aryl methyl sites for hydroxylation is 2. The highest BCUT2D eigenvalue weighted by atomic mass is 16.6. The zero-order valence-electron chi connectivity index (χ0n) is 25.4. The molecule has 0 unspecified atom stereocenters. The van der Waals surface area contributed by atoms with E-state index in [2.05, 4.69) is 27.2 Å². The summed E-state index contributed by atoms with van der Waals surface area (Å²) in [7, 11) is 1.56. The van der Waals surface area contributed by atoms with E-state index in [9.17, 15) is 9.59 Å². The second-order valence-corrected chi connectivity index (χ2v) is 11.4. The van der Waals surface area contributed by atoms with E-state index in [1.165, 1.54) is 6.42 Å². The Morgan fingerprint density at radius 1 is 1.07 bits per heavy atom. The first kappa shape index (κ1) is 29.3. The molecule has 5 aromatic rings. The van der Waals surface area contributed by atoms with E-state index in [0.717, 1.165) is 65.8 Å². The van der Waals surface area contributed by atoms with Gasteiger partial charge in [-0.1, -0.05) is 91.5 Å². The van der Waals surface area contributed by atoms with Gasteiger partial charge in [0.25, 0.3) is 5.56 Å². The Hall–Kier alpha value is -4.80. The average molecular weight is 596 g/mol. The highest BCUT2D eigenvalue weighted by molar-refractivity contribution is 5.86. The minimum Gasteiger partial charge on any atom is -0.399 e.